The molecule has 0 aliphatic carbocycles. The lowest BCUT2D eigenvalue weighted by atomic mass is 10.1. The molecule has 0 heterocycles. The monoisotopic (exact) mass is 424 g/mol. The van der Waals surface area contributed by atoms with Crippen LogP contribution in [0.2, 0.25) is 5.02 Å². The number of sulfonamides is 1. The summed E-state index contributed by atoms with van der Waals surface area (Å²) in [7, 11) is -3.72. The van der Waals surface area contributed by atoms with Crippen LogP contribution in [0.3, 0.4) is 0 Å². The lowest BCUT2D eigenvalue weighted by molar-refractivity contribution is -0.117. The first-order valence-electron chi connectivity index (χ1n) is 8.96. The molecule has 0 aliphatic heterocycles. The van der Waals surface area contributed by atoms with Crippen molar-refractivity contribution in [2.75, 3.05) is 22.5 Å². The summed E-state index contributed by atoms with van der Waals surface area (Å²) in [5.41, 5.74) is 1.71. The SMILES string of the molecule is CCOc1cccc(NC(=O)[C@@H](CC)N(c2ccc(C)c(Cl)c2)S(C)(=O)=O)c1. The Labute approximate surface area is 171 Å². The molecule has 0 fully saturated rings. The second-order valence-electron chi connectivity index (χ2n) is 6.37. The zero-order valence-corrected chi connectivity index (χ0v) is 18.0. The van der Waals surface area contributed by atoms with Gasteiger partial charge < -0.3 is 10.1 Å². The Balaban J connectivity index is 2.36. The van der Waals surface area contributed by atoms with Gasteiger partial charge in [-0.25, -0.2) is 8.42 Å². The van der Waals surface area contributed by atoms with Crippen LogP contribution in [0.25, 0.3) is 0 Å². The van der Waals surface area contributed by atoms with Crippen molar-refractivity contribution >= 4 is 38.9 Å². The molecule has 2 aromatic rings. The number of hydrogen-bond acceptors (Lipinski definition) is 4. The van der Waals surface area contributed by atoms with E-state index in [1.807, 2.05) is 13.8 Å². The molecule has 0 aliphatic rings. The number of aryl methyl sites for hydroxylation is 1. The highest BCUT2D eigenvalue weighted by Gasteiger charge is 2.31. The van der Waals surface area contributed by atoms with E-state index < -0.39 is 22.0 Å². The number of hydrogen-bond donors (Lipinski definition) is 1. The van der Waals surface area contributed by atoms with Gasteiger partial charge in [-0.2, -0.15) is 0 Å². The Morgan fingerprint density at radius 1 is 1.21 bits per heavy atom. The van der Waals surface area contributed by atoms with E-state index >= 15 is 0 Å². The number of benzene rings is 2. The van der Waals surface area contributed by atoms with E-state index in [4.69, 9.17) is 16.3 Å². The van der Waals surface area contributed by atoms with Crippen LogP contribution in [0.15, 0.2) is 42.5 Å². The second-order valence-corrected chi connectivity index (χ2v) is 8.63. The molecule has 2 rings (SSSR count). The standard InChI is InChI=1S/C20H25ClN2O4S/c1-5-19(20(24)22-15-8-7-9-17(12-15)27-6-2)23(28(4,25)26)16-11-10-14(3)18(21)13-16/h7-13,19H,5-6H2,1-4H3,(H,22,24)/t19-/m1/s1. The minimum atomic E-state index is -3.72. The lowest BCUT2D eigenvalue weighted by Crippen LogP contribution is -2.47. The van der Waals surface area contributed by atoms with Crippen LogP contribution in [0, 0.1) is 6.92 Å². The predicted molar refractivity (Wildman–Crippen MR) is 114 cm³/mol. The van der Waals surface area contributed by atoms with Crippen molar-refractivity contribution in [3.63, 3.8) is 0 Å². The molecule has 0 saturated carbocycles. The summed E-state index contributed by atoms with van der Waals surface area (Å²) in [6.07, 6.45) is 1.36. The minimum Gasteiger partial charge on any atom is -0.494 e. The molecule has 2 aromatic carbocycles. The van der Waals surface area contributed by atoms with Crippen LogP contribution in [0.1, 0.15) is 25.8 Å². The van der Waals surface area contributed by atoms with Gasteiger partial charge in [-0.1, -0.05) is 30.7 Å². The van der Waals surface area contributed by atoms with E-state index in [0.717, 1.165) is 16.1 Å². The van der Waals surface area contributed by atoms with E-state index in [-0.39, 0.29) is 6.42 Å². The Kier molecular flexibility index (Phi) is 7.32. The minimum absolute atomic E-state index is 0.287. The highest BCUT2D eigenvalue weighted by Crippen LogP contribution is 2.28. The number of carbonyl (C=O) groups is 1. The fourth-order valence-corrected chi connectivity index (χ4v) is 4.21. The summed E-state index contributed by atoms with van der Waals surface area (Å²) in [6.45, 7) is 5.96. The van der Waals surface area contributed by atoms with Gasteiger partial charge in [0.15, 0.2) is 0 Å². The van der Waals surface area contributed by atoms with Crippen molar-refractivity contribution in [3.8, 4) is 5.75 Å². The average molecular weight is 425 g/mol. The van der Waals surface area contributed by atoms with Crippen molar-refractivity contribution in [2.24, 2.45) is 0 Å². The highest BCUT2D eigenvalue weighted by molar-refractivity contribution is 7.92. The molecular weight excluding hydrogens is 400 g/mol. The van der Waals surface area contributed by atoms with Crippen LogP contribution in [0.4, 0.5) is 11.4 Å². The van der Waals surface area contributed by atoms with Crippen molar-refractivity contribution in [1.82, 2.24) is 0 Å². The molecule has 0 radical (unpaired) electrons. The zero-order chi connectivity index (χ0) is 20.9. The maximum Gasteiger partial charge on any atom is 0.248 e. The third-order valence-corrected chi connectivity index (χ3v) is 5.74. The number of carbonyl (C=O) groups excluding carboxylic acids is 1. The zero-order valence-electron chi connectivity index (χ0n) is 16.4. The molecular formula is C20H25ClN2O4S. The van der Waals surface area contributed by atoms with Crippen molar-refractivity contribution in [1.29, 1.82) is 0 Å². The quantitative estimate of drug-likeness (QED) is 0.688. The molecule has 0 bridgehead atoms. The summed E-state index contributed by atoms with van der Waals surface area (Å²) >= 11 is 6.18. The number of halogens is 1. The fourth-order valence-electron chi connectivity index (χ4n) is 2.83. The summed E-state index contributed by atoms with van der Waals surface area (Å²) in [6, 6.07) is 11.0. The van der Waals surface area contributed by atoms with Crippen LogP contribution >= 0.6 is 11.6 Å². The van der Waals surface area contributed by atoms with Crippen LogP contribution in [-0.4, -0.2) is 33.2 Å². The van der Waals surface area contributed by atoms with Gasteiger partial charge in [-0.15, -0.1) is 0 Å². The summed E-state index contributed by atoms with van der Waals surface area (Å²) in [4.78, 5) is 12.9. The van der Waals surface area contributed by atoms with Crippen LogP contribution in [-0.2, 0) is 14.8 Å². The first kappa shape index (κ1) is 22.0. The van der Waals surface area contributed by atoms with Gasteiger partial charge in [0.2, 0.25) is 15.9 Å². The average Bonchev–Trinajstić information content (AvgIpc) is 2.61. The van der Waals surface area contributed by atoms with Crippen LogP contribution in [0.5, 0.6) is 5.75 Å². The van der Waals surface area contributed by atoms with E-state index in [1.165, 1.54) is 0 Å². The Hall–Kier alpha value is -2.25. The molecule has 0 aromatic heterocycles. The van der Waals surface area contributed by atoms with E-state index in [9.17, 15) is 13.2 Å². The van der Waals surface area contributed by atoms with Gasteiger partial charge in [-0.3, -0.25) is 9.10 Å². The smallest absolute Gasteiger partial charge is 0.248 e. The molecule has 0 saturated heterocycles. The van der Waals surface area contributed by atoms with E-state index in [1.54, 1.807) is 49.4 Å². The molecule has 0 spiro atoms. The number of nitrogens with zero attached hydrogens (tertiary/aromatic N) is 1. The molecule has 1 N–H and O–H groups in total. The van der Waals surface area contributed by atoms with Gasteiger partial charge in [0.25, 0.3) is 0 Å². The Bertz CT molecular complexity index is 947. The van der Waals surface area contributed by atoms with Crippen molar-refractivity contribution in [3.05, 3.63) is 53.1 Å². The highest BCUT2D eigenvalue weighted by atomic mass is 35.5. The largest absolute Gasteiger partial charge is 0.494 e. The summed E-state index contributed by atoms with van der Waals surface area (Å²) in [5.74, 6) is 0.192. The fraction of sp³-hybridized carbons (Fsp3) is 0.350. The predicted octanol–water partition coefficient (Wildman–Crippen LogP) is 4.23. The van der Waals surface area contributed by atoms with Gasteiger partial charge in [-0.05, 0) is 50.1 Å². The van der Waals surface area contributed by atoms with Gasteiger partial charge in [0.1, 0.15) is 11.8 Å². The first-order chi connectivity index (χ1) is 13.2. The molecule has 6 nitrogen and oxygen atoms in total. The number of nitrogens with one attached hydrogen (secondary N) is 1. The van der Waals surface area contributed by atoms with Crippen molar-refractivity contribution < 1.29 is 17.9 Å². The third kappa shape index (κ3) is 5.39. The number of anilines is 2. The molecule has 1 amide bonds. The number of rotatable bonds is 8. The van der Waals surface area contributed by atoms with Crippen molar-refractivity contribution in [2.45, 2.75) is 33.2 Å². The maximum atomic E-state index is 12.9. The Morgan fingerprint density at radius 2 is 1.93 bits per heavy atom. The lowest BCUT2D eigenvalue weighted by Gasteiger charge is -2.30. The third-order valence-electron chi connectivity index (χ3n) is 4.15. The van der Waals surface area contributed by atoms with E-state index in [2.05, 4.69) is 5.32 Å². The summed E-state index contributed by atoms with van der Waals surface area (Å²) < 4.78 is 31.6. The normalized spacial score (nSPS) is 12.3. The van der Waals surface area contributed by atoms with Gasteiger partial charge in [0, 0.05) is 16.8 Å². The molecule has 28 heavy (non-hydrogen) atoms. The van der Waals surface area contributed by atoms with Gasteiger partial charge in [0.05, 0.1) is 18.6 Å². The summed E-state index contributed by atoms with van der Waals surface area (Å²) in [5, 5.41) is 3.22. The number of amides is 1. The molecule has 8 heteroatoms. The molecule has 0 unspecified atom stereocenters. The van der Waals surface area contributed by atoms with Gasteiger partial charge >= 0.3 is 0 Å². The Morgan fingerprint density at radius 3 is 2.50 bits per heavy atom. The second kappa shape index (κ2) is 9.30. The maximum absolute atomic E-state index is 12.9. The molecule has 1 atom stereocenters. The molecule has 152 valence electrons. The number of ether oxygens (including phenoxy) is 1. The first-order valence-corrected chi connectivity index (χ1v) is 11.2. The van der Waals surface area contributed by atoms with Crippen LogP contribution < -0.4 is 14.4 Å². The van der Waals surface area contributed by atoms with E-state index in [0.29, 0.717) is 28.8 Å². The topological polar surface area (TPSA) is 75.7 Å².